The normalized spacial score (nSPS) is 23.8. The van der Waals surface area contributed by atoms with Gasteiger partial charge in [0.1, 0.15) is 42.3 Å². The van der Waals surface area contributed by atoms with Crippen LogP contribution in [0.25, 0.3) is 0 Å². The Morgan fingerprint density at radius 1 is 0.636 bits per heavy atom. The van der Waals surface area contributed by atoms with Crippen LogP contribution in [-0.2, 0) is 51.2 Å². The first-order chi connectivity index (χ1) is 31.4. The molecule has 2 aromatic carbocycles. The summed E-state index contributed by atoms with van der Waals surface area (Å²) in [4.78, 5) is 113. The van der Waals surface area contributed by atoms with Crippen LogP contribution in [0.4, 0.5) is 5.69 Å². The molecule has 0 saturated carbocycles. The number of hydrogen-bond donors (Lipinski definition) is 12. The van der Waals surface area contributed by atoms with E-state index in [-0.39, 0.29) is 77.0 Å². The van der Waals surface area contributed by atoms with Crippen molar-refractivity contribution in [1.82, 2.24) is 42.5 Å². The highest BCUT2D eigenvalue weighted by Crippen LogP contribution is 2.14. The predicted molar refractivity (Wildman–Crippen MR) is 248 cm³/mol. The number of rotatable bonds is 15. The molecule has 1 fully saturated rings. The quantitative estimate of drug-likeness (QED) is 0.0845. The molecular formula is C45H70N12O9. The summed E-state index contributed by atoms with van der Waals surface area (Å²) < 4.78 is 0. The van der Waals surface area contributed by atoms with E-state index in [1.54, 1.807) is 42.5 Å². The maximum atomic E-state index is 14.2. The molecule has 0 bridgehead atoms. The van der Waals surface area contributed by atoms with Gasteiger partial charge in [0.2, 0.25) is 47.3 Å². The zero-order valence-corrected chi connectivity index (χ0v) is 38.6. The van der Waals surface area contributed by atoms with E-state index < -0.39 is 95.7 Å². The molecule has 0 spiro atoms. The van der Waals surface area contributed by atoms with E-state index in [2.05, 4.69) is 42.5 Å². The zero-order valence-electron chi connectivity index (χ0n) is 38.6. The lowest BCUT2D eigenvalue weighted by Gasteiger charge is -2.28. The summed E-state index contributed by atoms with van der Waals surface area (Å²) in [6, 6.07) is 6.68. The summed E-state index contributed by atoms with van der Waals surface area (Å²) >= 11 is 0. The molecule has 66 heavy (non-hydrogen) atoms. The Morgan fingerprint density at radius 2 is 1.11 bits per heavy atom. The molecule has 0 aliphatic carbocycles. The van der Waals surface area contributed by atoms with Gasteiger partial charge in [0.05, 0.1) is 12.5 Å². The Kier molecular flexibility index (Phi) is 22.4. The van der Waals surface area contributed by atoms with Crippen LogP contribution in [0.1, 0.15) is 64.0 Å². The van der Waals surface area contributed by atoms with Crippen molar-refractivity contribution in [3.8, 4) is 0 Å². The van der Waals surface area contributed by atoms with Crippen LogP contribution in [0, 0.1) is 5.92 Å². The largest absolute Gasteiger partial charge is 0.391 e. The standard InChI is InChI=1S/C45H70N12O9/c1-26(2)23-35-43(64)53-31(15-19-46)39(60)52-33(17-21-48)42(63)56-38(27(3)58)45(66)49-22-18-34(50-37(59)25-29-11-13-30(14-12-29)57(4)5)41(62)51-32(16-20-47)40(61)55-36(44(65)54-35)24-28-9-7-6-8-10-28/h6-14,26-27,31-36,38,58H,15-25,46-48H2,1-5H3,(H,49,66)(H,50,59)(H,51,62)(H,52,60)(H,53,64)(H,54,65)(H,55,61)(H,56,63)/t27-,31+,32+,33+,34+,35+,36-,38+/m1/s1. The molecule has 8 atom stereocenters. The van der Waals surface area contributed by atoms with E-state index in [0.717, 1.165) is 5.69 Å². The van der Waals surface area contributed by atoms with E-state index >= 15 is 0 Å². The van der Waals surface area contributed by atoms with Crippen molar-refractivity contribution in [3.05, 3.63) is 65.7 Å². The number of amides is 8. The molecule has 3 rings (SSSR count). The van der Waals surface area contributed by atoms with Crippen LogP contribution in [-0.4, -0.2) is 141 Å². The minimum absolute atomic E-state index is 0.0259. The maximum Gasteiger partial charge on any atom is 0.245 e. The predicted octanol–water partition coefficient (Wildman–Crippen LogP) is -3.08. The minimum Gasteiger partial charge on any atom is -0.391 e. The number of anilines is 1. The van der Waals surface area contributed by atoms with Gasteiger partial charge in [-0.2, -0.15) is 0 Å². The molecule has 15 N–H and O–H groups in total. The Hall–Kier alpha value is -6.16. The highest BCUT2D eigenvalue weighted by Gasteiger charge is 2.35. The highest BCUT2D eigenvalue weighted by molar-refractivity contribution is 5.98. The minimum atomic E-state index is -1.55. The number of aliphatic hydroxyl groups is 1. The number of hydrogen-bond acceptors (Lipinski definition) is 13. The van der Waals surface area contributed by atoms with Gasteiger partial charge in [-0.05, 0) is 87.8 Å². The number of carbonyl (C=O) groups excluding carboxylic acids is 8. The Bertz CT molecular complexity index is 1930. The fourth-order valence-electron chi connectivity index (χ4n) is 7.15. The van der Waals surface area contributed by atoms with Crippen LogP contribution in [0.5, 0.6) is 0 Å². The molecule has 1 saturated heterocycles. The fourth-order valence-corrected chi connectivity index (χ4v) is 7.15. The molecule has 1 heterocycles. The van der Waals surface area contributed by atoms with Gasteiger partial charge < -0.3 is 69.7 Å². The molecule has 0 radical (unpaired) electrons. The summed E-state index contributed by atoms with van der Waals surface area (Å²) in [6.07, 6.45) is -1.95. The van der Waals surface area contributed by atoms with E-state index in [1.807, 2.05) is 45.0 Å². The van der Waals surface area contributed by atoms with Gasteiger partial charge in [-0.1, -0.05) is 56.3 Å². The first-order valence-electron chi connectivity index (χ1n) is 22.3. The molecule has 1 aliphatic rings. The van der Waals surface area contributed by atoms with Crippen molar-refractivity contribution in [2.24, 2.45) is 23.1 Å². The molecule has 0 aromatic heterocycles. The number of carbonyl (C=O) groups is 8. The lowest BCUT2D eigenvalue weighted by molar-refractivity contribution is -0.136. The van der Waals surface area contributed by atoms with Crippen molar-refractivity contribution in [3.63, 3.8) is 0 Å². The Balaban J connectivity index is 2.09. The van der Waals surface area contributed by atoms with Crippen molar-refractivity contribution in [2.45, 2.75) is 114 Å². The van der Waals surface area contributed by atoms with Gasteiger partial charge in [-0.15, -0.1) is 0 Å². The van der Waals surface area contributed by atoms with Crippen LogP contribution in [0.3, 0.4) is 0 Å². The van der Waals surface area contributed by atoms with Gasteiger partial charge in [-0.25, -0.2) is 0 Å². The molecule has 1 aliphatic heterocycles. The molecule has 2 aromatic rings. The van der Waals surface area contributed by atoms with Gasteiger partial charge in [0, 0.05) is 32.7 Å². The summed E-state index contributed by atoms with van der Waals surface area (Å²) in [5, 5.41) is 31.7. The Morgan fingerprint density at radius 3 is 1.61 bits per heavy atom. The van der Waals surface area contributed by atoms with Crippen LogP contribution in [0.15, 0.2) is 54.6 Å². The number of nitrogens with zero attached hydrogens (tertiary/aromatic N) is 1. The third kappa shape index (κ3) is 17.7. The fraction of sp³-hybridized carbons (Fsp3) is 0.556. The second-order valence-electron chi connectivity index (χ2n) is 17.0. The van der Waals surface area contributed by atoms with Crippen molar-refractivity contribution < 1.29 is 43.5 Å². The first kappa shape index (κ1) is 54.2. The molecule has 21 heteroatoms. The van der Waals surface area contributed by atoms with Gasteiger partial charge in [-0.3, -0.25) is 38.4 Å². The maximum absolute atomic E-state index is 14.2. The zero-order chi connectivity index (χ0) is 48.9. The van der Waals surface area contributed by atoms with Crippen LogP contribution >= 0.6 is 0 Å². The van der Waals surface area contributed by atoms with Crippen molar-refractivity contribution >= 4 is 52.9 Å². The van der Waals surface area contributed by atoms with E-state index in [1.165, 1.54) is 6.92 Å². The lowest BCUT2D eigenvalue weighted by atomic mass is 10.00. The van der Waals surface area contributed by atoms with Gasteiger partial charge in [0.25, 0.3) is 0 Å². The van der Waals surface area contributed by atoms with Crippen LogP contribution < -0.4 is 64.6 Å². The molecular weight excluding hydrogens is 853 g/mol. The van der Waals surface area contributed by atoms with E-state index in [9.17, 15) is 43.5 Å². The number of nitrogens with one attached hydrogen (secondary N) is 8. The summed E-state index contributed by atoms with van der Waals surface area (Å²) in [5.74, 6) is -6.30. The van der Waals surface area contributed by atoms with Crippen molar-refractivity contribution in [1.29, 1.82) is 0 Å². The third-order valence-corrected chi connectivity index (χ3v) is 10.8. The average molecular weight is 923 g/mol. The van der Waals surface area contributed by atoms with Crippen molar-refractivity contribution in [2.75, 3.05) is 45.2 Å². The molecule has 0 unspecified atom stereocenters. The number of benzene rings is 2. The number of nitrogens with two attached hydrogens (primary N) is 3. The summed E-state index contributed by atoms with van der Waals surface area (Å²) in [7, 11) is 3.75. The van der Waals surface area contributed by atoms with E-state index in [4.69, 9.17) is 17.2 Å². The highest BCUT2D eigenvalue weighted by atomic mass is 16.3. The van der Waals surface area contributed by atoms with E-state index in [0.29, 0.717) is 11.1 Å². The van der Waals surface area contributed by atoms with Crippen LogP contribution in [0.2, 0.25) is 0 Å². The summed E-state index contributed by atoms with van der Waals surface area (Å²) in [6.45, 7) is 4.44. The molecule has 21 nitrogen and oxygen atoms in total. The lowest BCUT2D eigenvalue weighted by Crippen LogP contribution is -2.61. The number of aliphatic hydroxyl groups excluding tert-OH is 1. The second kappa shape index (κ2) is 27.3. The Labute approximate surface area is 386 Å². The molecule has 8 amide bonds. The summed E-state index contributed by atoms with van der Waals surface area (Å²) in [5.41, 5.74) is 19.8. The van der Waals surface area contributed by atoms with Gasteiger partial charge in [0.15, 0.2) is 0 Å². The monoisotopic (exact) mass is 923 g/mol. The van der Waals surface area contributed by atoms with Gasteiger partial charge >= 0.3 is 0 Å². The topological polar surface area (TPSA) is 334 Å². The average Bonchev–Trinajstić information content (AvgIpc) is 3.26. The third-order valence-electron chi connectivity index (χ3n) is 10.8. The smallest absolute Gasteiger partial charge is 0.245 e. The second-order valence-corrected chi connectivity index (χ2v) is 17.0. The first-order valence-corrected chi connectivity index (χ1v) is 22.3. The SMILES string of the molecule is CC(C)C[C@@H]1NC(=O)[C@@H](Cc2ccccc2)NC(=O)[C@H](CCN)NC(=O)[C@@H](NC(=O)Cc2ccc(N(C)C)cc2)CCNC(=O)[C@H]([C@@H](C)O)NC(=O)[C@H](CCN)NC(=O)[C@H](CCN)NC1=O. The molecule has 364 valence electrons.